The molecule has 0 aliphatic rings. The highest BCUT2D eigenvalue weighted by atomic mass is 16.6. The minimum Gasteiger partial charge on any atom is -0.444 e. The predicted molar refractivity (Wildman–Crippen MR) is 78.3 cm³/mol. The molecule has 0 bridgehead atoms. The average molecular weight is 286 g/mol. The van der Waals surface area contributed by atoms with Crippen LogP contribution in [-0.2, 0) is 9.53 Å². The van der Waals surface area contributed by atoms with Gasteiger partial charge < -0.3 is 9.64 Å². The summed E-state index contributed by atoms with van der Waals surface area (Å²) in [5.74, 6) is -0.391. The number of benzene rings is 2. The zero-order chi connectivity index (χ0) is 15.2. The summed E-state index contributed by atoms with van der Waals surface area (Å²) in [4.78, 5) is 23.0. The van der Waals surface area contributed by atoms with Crippen LogP contribution in [0.4, 0.5) is 17.1 Å². The summed E-state index contributed by atoms with van der Waals surface area (Å²) < 4.78 is 5.04. The fourth-order valence-corrected chi connectivity index (χ4v) is 1.82. The number of ether oxygens (including phenoxy) is 1. The van der Waals surface area contributed by atoms with Gasteiger partial charge in [0, 0.05) is 30.4 Å². The molecule has 0 saturated carbocycles. The highest BCUT2D eigenvalue weighted by Gasteiger charge is 2.12. The van der Waals surface area contributed by atoms with Crippen molar-refractivity contribution in [3.05, 3.63) is 64.7 Å². The zero-order valence-electron chi connectivity index (χ0n) is 11.4. The number of nitro benzene ring substituents is 1. The molecule has 0 atom stereocenters. The lowest BCUT2D eigenvalue weighted by Crippen LogP contribution is -2.22. The summed E-state index contributed by atoms with van der Waals surface area (Å²) in [6.45, 7) is 1.37. The van der Waals surface area contributed by atoms with Crippen LogP contribution < -0.4 is 4.90 Å². The number of esters is 1. The van der Waals surface area contributed by atoms with Crippen molar-refractivity contribution < 1.29 is 14.5 Å². The summed E-state index contributed by atoms with van der Waals surface area (Å²) in [5.41, 5.74) is 1.54. The van der Waals surface area contributed by atoms with Gasteiger partial charge in [-0.25, -0.2) is 0 Å². The second-order valence-electron chi connectivity index (χ2n) is 4.30. The molecule has 0 unspecified atom stereocenters. The number of nitrogens with zero attached hydrogens (tertiary/aromatic N) is 2. The number of carbonyl (C=O) groups excluding carboxylic acids is 1. The van der Waals surface area contributed by atoms with E-state index in [1.54, 1.807) is 17.0 Å². The highest BCUT2D eigenvalue weighted by Crippen LogP contribution is 2.26. The maximum Gasteiger partial charge on any atom is 0.304 e. The van der Waals surface area contributed by atoms with Gasteiger partial charge in [-0.2, -0.15) is 0 Å². The highest BCUT2D eigenvalue weighted by molar-refractivity contribution is 5.68. The van der Waals surface area contributed by atoms with Gasteiger partial charge in [-0.15, -0.1) is 0 Å². The summed E-state index contributed by atoms with van der Waals surface area (Å²) in [6, 6.07) is 15.4. The molecule has 2 rings (SSSR count). The summed E-state index contributed by atoms with van der Waals surface area (Å²) in [6.07, 6.45) is 0. The molecule has 2 aromatic carbocycles. The number of hydrogen-bond donors (Lipinski definition) is 0. The lowest BCUT2D eigenvalue weighted by molar-refractivity contribution is -0.384. The molecule has 108 valence electrons. The monoisotopic (exact) mass is 286 g/mol. The van der Waals surface area contributed by atoms with Crippen LogP contribution in [0.15, 0.2) is 54.6 Å². The van der Waals surface area contributed by atoms with Gasteiger partial charge in [0.05, 0.1) is 4.92 Å². The van der Waals surface area contributed by atoms with Crippen molar-refractivity contribution >= 4 is 23.0 Å². The van der Waals surface area contributed by atoms with Gasteiger partial charge in [-0.05, 0) is 24.3 Å². The van der Waals surface area contributed by atoms with E-state index < -0.39 is 10.9 Å². The molecule has 0 radical (unpaired) electrons. The van der Waals surface area contributed by atoms with Crippen LogP contribution in [0.3, 0.4) is 0 Å². The molecule has 0 N–H and O–H groups in total. The fraction of sp³-hybridized carbons (Fsp3) is 0.133. The van der Waals surface area contributed by atoms with Crippen molar-refractivity contribution in [2.24, 2.45) is 0 Å². The maximum absolute atomic E-state index is 11.0. The smallest absolute Gasteiger partial charge is 0.304 e. The quantitative estimate of drug-likeness (QED) is 0.365. The number of para-hydroxylation sites is 1. The van der Waals surface area contributed by atoms with E-state index in [1.165, 1.54) is 19.1 Å². The Hall–Kier alpha value is -2.89. The first-order valence-corrected chi connectivity index (χ1v) is 6.28. The Kier molecular flexibility index (Phi) is 4.50. The summed E-state index contributed by atoms with van der Waals surface area (Å²) in [5, 5.41) is 10.7. The Morgan fingerprint density at radius 1 is 1.10 bits per heavy atom. The third kappa shape index (κ3) is 3.79. The van der Waals surface area contributed by atoms with Crippen molar-refractivity contribution in [1.82, 2.24) is 0 Å². The van der Waals surface area contributed by atoms with Crippen molar-refractivity contribution in [1.29, 1.82) is 0 Å². The van der Waals surface area contributed by atoms with Gasteiger partial charge in [0.25, 0.3) is 5.69 Å². The van der Waals surface area contributed by atoms with Crippen LogP contribution in [0.5, 0.6) is 0 Å². The maximum atomic E-state index is 11.0. The lowest BCUT2D eigenvalue weighted by atomic mass is 10.2. The van der Waals surface area contributed by atoms with Gasteiger partial charge in [0.1, 0.15) is 0 Å². The second-order valence-corrected chi connectivity index (χ2v) is 4.30. The average Bonchev–Trinajstić information content (AvgIpc) is 2.49. The molecular formula is C15H14N2O4. The Morgan fingerprint density at radius 2 is 1.67 bits per heavy atom. The predicted octanol–water partition coefficient (Wildman–Crippen LogP) is 3.25. The minimum absolute atomic E-state index is 0.0132. The Balaban J connectivity index is 2.30. The molecule has 6 heteroatoms. The van der Waals surface area contributed by atoms with Crippen LogP contribution in [0, 0.1) is 10.1 Å². The van der Waals surface area contributed by atoms with Gasteiger partial charge in [0.15, 0.2) is 6.73 Å². The van der Waals surface area contributed by atoms with Crippen molar-refractivity contribution in [2.75, 3.05) is 11.6 Å². The first kappa shape index (κ1) is 14.5. The number of carbonyl (C=O) groups is 1. The minimum atomic E-state index is -0.456. The van der Waals surface area contributed by atoms with Crippen molar-refractivity contribution in [3.8, 4) is 0 Å². The second kappa shape index (κ2) is 6.51. The number of nitro groups is 1. The van der Waals surface area contributed by atoms with E-state index in [1.807, 2.05) is 30.3 Å². The molecule has 0 aromatic heterocycles. The van der Waals surface area contributed by atoms with Crippen LogP contribution in [0.25, 0.3) is 0 Å². The largest absolute Gasteiger partial charge is 0.444 e. The van der Waals surface area contributed by atoms with Crippen molar-refractivity contribution in [3.63, 3.8) is 0 Å². The van der Waals surface area contributed by atoms with Gasteiger partial charge >= 0.3 is 5.97 Å². The topological polar surface area (TPSA) is 72.7 Å². The van der Waals surface area contributed by atoms with Crippen LogP contribution >= 0.6 is 0 Å². The standard InChI is InChI=1S/C15H14N2O4/c1-12(18)21-11-16(13-5-3-2-4-6-13)14-7-9-15(10-8-14)17(19)20/h2-10H,11H2,1H3. The molecule has 21 heavy (non-hydrogen) atoms. The molecule has 0 spiro atoms. The first-order valence-electron chi connectivity index (χ1n) is 6.28. The Labute approximate surface area is 121 Å². The van der Waals surface area contributed by atoms with E-state index in [2.05, 4.69) is 0 Å². The van der Waals surface area contributed by atoms with E-state index in [0.717, 1.165) is 5.69 Å². The van der Waals surface area contributed by atoms with Gasteiger partial charge in [0.2, 0.25) is 0 Å². The van der Waals surface area contributed by atoms with E-state index in [4.69, 9.17) is 4.74 Å². The molecule has 0 amide bonds. The van der Waals surface area contributed by atoms with Crippen LogP contribution in [0.1, 0.15) is 6.92 Å². The number of hydrogen-bond acceptors (Lipinski definition) is 5. The van der Waals surface area contributed by atoms with E-state index >= 15 is 0 Å². The first-order chi connectivity index (χ1) is 10.1. The fourth-order valence-electron chi connectivity index (χ4n) is 1.82. The zero-order valence-corrected chi connectivity index (χ0v) is 11.4. The molecule has 6 nitrogen and oxygen atoms in total. The third-order valence-electron chi connectivity index (χ3n) is 2.84. The lowest BCUT2D eigenvalue weighted by Gasteiger charge is -2.24. The van der Waals surface area contributed by atoms with E-state index in [9.17, 15) is 14.9 Å². The molecular weight excluding hydrogens is 272 g/mol. The molecule has 0 saturated heterocycles. The van der Waals surface area contributed by atoms with Crippen molar-refractivity contribution in [2.45, 2.75) is 6.92 Å². The number of non-ortho nitro benzene ring substituents is 1. The van der Waals surface area contributed by atoms with E-state index in [-0.39, 0.29) is 12.4 Å². The van der Waals surface area contributed by atoms with Gasteiger partial charge in [-0.3, -0.25) is 14.9 Å². The third-order valence-corrected chi connectivity index (χ3v) is 2.84. The normalized spacial score (nSPS) is 9.95. The van der Waals surface area contributed by atoms with E-state index in [0.29, 0.717) is 5.69 Å². The Bertz CT molecular complexity index is 626. The molecule has 0 aliphatic heterocycles. The molecule has 0 fully saturated rings. The molecule has 0 aliphatic carbocycles. The summed E-state index contributed by atoms with van der Waals surface area (Å²) >= 11 is 0. The van der Waals surface area contributed by atoms with Crippen LogP contribution in [0.2, 0.25) is 0 Å². The number of anilines is 2. The molecule has 0 heterocycles. The van der Waals surface area contributed by atoms with Crippen LogP contribution in [-0.4, -0.2) is 17.6 Å². The molecule has 2 aromatic rings. The number of rotatable bonds is 5. The SMILES string of the molecule is CC(=O)OCN(c1ccccc1)c1ccc([N+](=O)[O-])cc1. The Morgan fingerprint density at radius 3 is 2.19 bits per heavy atom. The summed E-state index contributed by atoms with van der Waals surface area (Å²) in [7, 11) is 0. The van der Waals surface area contributed by atoms with Gasteiger partial charge in [-0.1, -0.05) is 18.2 Å².